The van der Waals surface area contributed by atoms with Gasteiger partial charge in [-0.3, -0.25) is 9.59 Å². The number of carboxylic acid groups (broad SMARTS) is 1. The molecule has 0 aliphatic carbocycles. The Bertz CT molecular complexity index is 308. The SMILES string of the molecule is CCCCCCCCCCNC(=O)C(C(=O)O)C(C)(C)C. The van der Waals surface area contributed by atoms with Gasteiger partial charge in [-0.05, 0) is 11.8 Å². The summed E-state index contributed by atoms with van der Waals surface area (Å²) in [6.45, 7) is 8.13. The highest BCUT2D eigenvalue weighted by Gasteiger charge is 2.37. The third-order valence-corrected chi connectivity index (χ3v) is 3.70. The van der Waals surface area contributed by atoms with Crippen LogP contribution in [0.1, 0.15) is 79.1 Å². The maximum Gasteiger partial charge on any atom is 0.316 e. The number of rotatable bonds is 11. The fraction of sp³-hybridized carbons (Fsp3) is 0.882. The summed E-state index contributed by atoms with van der Waals surface area (Å²) in [7, 11) is 0. The average molecular weight is 299 g/mol. The molecule has 0 aromatic rings. The van der Waals surface area contributed by atoms with E-state index in [2.05, 4.69) is 12.2 Å². The Morgan fingerprint density at radius 1 is 0.952 bits per heavy atom. The van der Waals surface area contributed by atoms with Gasteiger partial charge in [0, 0.05) is 6.54 Å². The molecule has 0 radical (unpaired) electrons. The number of amides is 1. The minimum atomic E-state index is -1.05. The van der Waals surface area contributed by atoms with Gasteiger partial charge >= 0.3 is 5.97 Å². The van der Waals surface area contributed by atoms with E-state index in [1.807, 2.05) is 0 Å². The molecule has 1 amide bonds. The molecule has 0 aromatic carbocycles. The lowest BCUT2D eigenvalue weighted by Crippen LogP contribution is -2.43. The van der Waals surface area contributed by atoms with Crippen molar-refractivity contribution in [3.05, 3.63) is 0 Å². The van der Waals surface area contributed by atoms with Crippen molar-refractivity contribution >= 4 is 11.9 Å². The normalized spacial score (nSPS) is 13.0. The molecule has 0 fully saturated rings. The Balaban J connectivity index is 3.76. The van der Waals surface area contributed by atoms with Gasteiger partial charge in [0.1, 0.15) is 5.92 Å². The van der Waals surface area contributed by atoms with Crippen molar-refractivity contribution in [1.82, 2.24) is 5.32 Å². The van der Waals surface area contributed by atoms with Crippen molar-refractivity contribution in [3.8, 4) is 0 Å². The molecule has 0 aromatic heterocycles. The highest BCUT2D eigenvalue weighted by molar-refractivity contribution is 5.97. The number of nitrogens with one attached hydrogen (secondary N) is 1. The zero-order chi connectivity index (χ0) is 16.3. The lowest BCUT2D eigenvalue weighted by atomic mass is 9.80. The van der Waals surface area contributed by atoms with Crippen LogP contribution in [0, 0.1) is 11.3 Å². The van der Waals surface area contributed by atoms with Gasteiger partial charge in [0.2, 0.25) is 5.91 Å². The summed E-state index contributed by atoms with van der Waals surface area (Å²) in [5.41, 5.74) is -0.560. The summed E-state index contributed by atoms with van der Waals surface area (Å²) >= 11 is 0. The van der Waals surface area contributed by atoms with Gasteiger partial charge in [-0.2, -0.15) is 0 Å². The fourth-order valence-corrected chi connectivity index (χ4v) is 2.45. The quantitative estimate of drug-likeness (QED) is 0.448. The van der Waals surface area contributed by atoms with Crippen molar-refractivity contribution in [2.24, 2.45) is 11.3 Å². The van der Waals surface area contributed by atoms with E-state index in [9.17, 15) is 9.59 Å². The molecule has 1 unspecified atom stereocenters. The first-order chi connectivity index (χ1) is 9.80. The minimum absolute atomic E-state index is 0.363. The van der Waals surface area contributed by atoms with E-state index >= 15 is 0 Å². The predicted molar refractivity (Wildman–Crippen MR) is 86.2 cm³/mol. The first-order valence-electron chi connectivity index (χ1n) is 8.31. The molecule has 0 rings (SSSR count). The number of carbonyl (C=O) groups is 2. The van der Waals surface area contributed by atoms with Crippen molar-refractivity contribution < 1.29 is 14.7 Å². The highest BCUT2D eigenvalue weighted by atomic mass is 16.4. The van der Waals surface area contributed by atoms with Crippen LogP contribution >= 0.6 is 0 Å². The van der Waals surface area contributed by atoms with E-state index in [1.54, 1.807) is 20.8 Å². The first kappa shape index (κ1) is 19.9. The van der Waals surface area contributed by atoms with E-state index in [4.69, 9.17) is 5.11 Å². The zero-order valence-corrected chi connectivity index (χ0v) is 14.2. The highest BCUT2D eigenvalue weighted by Crippen LogP contribution is 2.26. The molecular weight excluding hydrogens is 266 g/mol. The zero-order valence-electron chi connectivity index (χ0n) is 14.2. The fourth-order valence-electron chi connectivity index (χ4n) is 2.45. The summed E-state index contributed by atoms with van der Waals surface area (Å²) in [5, 5.41) is 11.9. The van der Waals surface area contributed by atoms with Crippen molar-refractivity contribution in [2.75, 3.05) is 6.54 Å². The van der Waals surface area contributed by atoms with E-state index < -0.39 is 17.3 Å². The van der Waals surface area contributed by atoms with Gasteiger partial charge in [-0.15, -0.1) is 0 Å². The molecule has 4 heteroatoms. The van der Waals surface area contributed by atoms with E-state index in [1.165, 1.54) is 38.5 Å². The Morgan fingerprint density at radius 2 is 1.43 bits per heavy atom. The molecule has 0 aliphatic heterocycles. The standard InChI is InChI=1S/C17H33NO3/c1-5-6-7-8-9-10-11-12-13-18-15(19)14(16(20)21)17(2,3)4/h14H,5-13H2,1-4H3,(H,18,19)(H,20,21). The number of aliphatic carboxylic acids is 1. The number of carboxylic acids is 1. The summed E-state index contributed by atoms with van der Waals surface area (Å²) in [4.78, 5) is 23.1. The minimum Gasteiger partial charge on any atom is -0.481 e. The molecule has 0 spiro atoms. The van der Waals surface area contributed by atoms with Gasteiger partial charge in [-0.25, -0.2) is 0 Å². The molecule has 0 saturated heterocycles. The summed E-state index contributed by atoms with van der Waals surface area (Å²) in [6.07, 6.45) is 9.68. The molecule has 2 N–H and O–H groups in total. The molecule has 21 heavy (non-hydrogen) atoms. The summed E-state index contributed by atoms with van der Waals surface area (Å²) in [5.74, 6) is -2.39. The van der Waals surface area contributed by atoms with Gasteiger partial charge < -0.3 is 10.4 Å². The second kappa shape index (κ2) is 10.6. The Labute approximate surface area is 129 Å². The Hall–Kier alpha value is -1.06. The van der Waals surface area contributed by atoms with Crippen LogP contribution in [-0.2, 0) is 9.59 Å². The number of unbranched alkanes of at least 4 members (excludes halogenated alkanes) is 7. The van der Waals surface area contributed by atoms with Crippen molar-refractivity contribution in [2.45, 2.75) is 79.1 Å². The van der Waals surface area contributed by atoms with Crippen LogP contribution in [0.25, 0.3) is 0 Å². The molecule has 0 saturated carbocycles. The van der Waals surface area contributed by atoms with Crippen LogP contribution in [0.2, 0.25) is 0 Å². The lowest BCUT2D eigenvalue weighted by Gasteiger charge is -2.25. The van der Waals surface area contributed by atoms with Crippen LogP contribution in [0.5, 0.6) is 0 Å². The van der Waals surface area contributed by atoms with Crippen LogP contribution in [0.15, 0.2) is 0 Å². The third-order valence-electron chi connectivity index (χ3n) is 3.70. The predicted octanol–water partition coefficient (Wildman–Crippen LogP) is 3.99. The van der Waals surface area contributed by atoms with Gasteiger partial charge in [0.05, 0.1) is 0 Å². The smallest absolute Gasteiger partial charge is 0.316 e. The number of hydrogen-bond donors (Lipinski definition) is 2. The Morgan fingerprint density at radius 3 is 1.86 bits per heavy atom. The van der Waals surface area contributed by atoms with Crippen molar-refractivity contribution in [1.29, 1.82) is 0 Å². The average Bonchev–Trinajstić information content (AvgIpc) is 2.34. The van der Waals surface area contributed by atoms with Crippen LogP contribution < -0.4 is 5.32 Å². The second-order valence-corrected chi connectivity index (χ2v) is 6.90. The lowest BCUT2D eigenvalue weighted by molar-refractivity contribution is -0.151. The van der Waals surface area contributed by atoms with E-state index in [-0.39, 0.29) is 5.91 Å². The van der Waals surface area contributed by atoms with Crippen LogP contribution in [-0.4, -0.2) is 23.5 Å². The van der Waals surface area contributed by atoms with Crippen LogP contribution in [0.4, 0.5) is 0 Å². The largest absolute Gasteiger partial charge is 0.481 e. The van der Waals surface area contributed by atoms with Crippen LogP contribution in [0.3, 0.4) is 0 Å². The number of carbonyl (C=O) groups excluding carboxylic acids is 1. The van der Waals surface area contributed by atoms with E-state index in [0.29, 0.717) is 6.54 Å². The van der Waals surface area contributed by atoms with Gasteiger partial charge in [0.25, 0.3) is 0 Å². The Kier molecular flexibility index (Phi) is 10.1. The van der Waals surface area contributed by atoms with Gasteiger partial charge in [0.15, 0.2) is 0 Å². The molecule has 0 aliphatic rings. The number of hydrogen-bond acceptors (Lipinski definition) is 2. The second-order valence-electron chi connectivity index (χ2n) is 6.90. The topological polar surface area (TPSA) is 66.4 Å². The molecular formula is C17H33NO3. The first-order valence-corrected chi connectivity index (χ1v) is 8.31. The molecule has 0 heterocycles. The third kappa shape index (κ3) is 9.48. The maximum atomic E-state index is 11.9. The molecule has 4 nitrogen and oxygen atoms in total. The van der Waals surface area contributed by atoms with E-state index in [0.717, 1.165) is 12.8 Å². The summed E-state index contributed by atoms with van der Waals surface area (Å²) < 4.78 is 0. The van der Waals surface area contributed by atoms with Gasteiger partial charge in [-0.1, -0.05) is 72.6 Å². The maximum absolute atomic E-state index is 11.9. The summed E-state index contributed by atoms with van der Waals surface area (Å²) in [6, 6.07) is 0. The molecule has 0 bridgehead atoms. The molecule has 124 valence electrons. The monoisotopic (exact) mass is 299 g/mol. The molecule has 1 atom stereocenters. The van der Waals surface area contributed by atoms with Crippen molar-refractivity contribution in [3.63, 3.8) is 0 Å².